The highest BCUT2D eigenvalue weighted by molar-refractivity contribution is 7.88. The fraction of sp³-hybridized carbons (Fsp3) is 0.429. The lowest BCUT2D eigenvalue weighted by Gasteiger charge is -2.31. The van der Waals surface area contributed by atoms with E-state index < -0.39 is 21.9 Å². The van der Waals surface area contributed by atoms with Crippen LogP contribution in [0.2, 0.25) is 0 Å². The normalized spacial score (nSPS) is 19.6. The molecule has 1 heterocycles. The van der Waals surface area contributed by atoms with Crippen LogP contribution in [-0.4, -0.2) is 55.1 Å². The Bertz CT molecular complexity index is 686. The van der Waals surface area contributed by atoms with Gasteiger partial charge in [-0.15, -0.1) is 0 Å². The molecule has 1 aromatic carbocycles. The second kappa shape index (κ2) is 6.45. The van der Waals surface area contributed by atoms with Crippen molar-refractivity contribution in [2.75, 3.05) is 19.3 Å². The van der Waals surface area contributed by atoms with Gasteiger partial charge < -0.3 is 10.4 Å². The Morgan fingerprint density at radius 1 is 1.32 bits per heavy atom. The Morgan fingerprint density at radius 3 is 2.64 bits per heavy atom. The summed E-state index contributed by atoms with van der Waals surface area (Å²) in [4.78, 5) is 23.1. The van der Waals surface area contributed by atoms with Gasteiger partial charge in [-0.2, -0.15) is 0 Å². The Labute approximate surface area is 129 Å². The Morgan fingerprint density at radius 2 is 2.00 bits per heavy atom. The number of carbonyl (C=O) groups is 2. The lowest BCUT2D eigenvalue weighted by atomic mass is 10.1. The van der Waals surface area contributed by atoms with Gasteiger partial charge in [-0.1, -0.05) is 6.07 Å². The summed E-state index contributed by atoms with van der Waals surface area (Å²) < 4.78 is 24.5. The molecule has 1 aliphatic rings. The van der Waals surface area contributed by atoms with E-state index >= 15 is 0 Å². The number of nitrogens with zero attached hydrogens (tertiary/aromatic N) is 1. The van der Waals surface area contributed by atoms with E-state index in [0.717, 1.165) is 6.26 Å². The molecule has 1 aromatic rings. The van der Waals surface area contributed by atoms with Crippen molar-refractivity contribution in [3.8, 4) is 0 Å². The Hall–Kier alpha value is -1.93. The van der Waals surface area contributed by atoms with Gasteiger partial charge in [0.15, 0.2) is 0 Å². The number of aromatic carboxylic acids is 1. The van der Waals surface area contributed by atoms with Crippen molar-refractivity contribution < 1.29 is 23.1 Å². The molecule has 1 fully saturated rings. The van der Waals surface area contributed by atoms with Crippen LogP contribution in [-0.2, 0) is 10.0 Å². The van der Waals surface area contributed by atoms with Crippen LogP contribution in [0.1, 0.15) is 33.6 Å². The van der Waals surface area contributed by atoms with Gasteiger partial charge in [0.05, 0.1) is 11.8 Å². The van der Waals surface area contributed by atoms with Crippen LogP contribution in [0.25, 0.3) is 0 Å². The van der Waals surface area contributed by atoms with Gasteiger partial charge in [0, 0.05) is 24.7 Å². The van der Waals surface area contributed by atoms with Crippen molar-refractivity contribution in [1.29, 1.82) is 0 Å². The van der Waals surface area contributed by atoms with E-state index in [9.17, 15) is 18.0 Å². The first-order chi connectivity index (χ1) is 10.3. The van der Waals surface area contributed by atoms with Gasteiger partial charge in [0.2, 0.25) is 10.0 Å². The number of carboxylic acids is 1. The highest BCUT2D eigenvalue weighted by Crippen LogP contribution is 2.14. The molecule has 120 valence electrons. The van der Waals surface area contributed by atoms with E-state index in [1.165, 1.54) is 28.6 Å². The smallest absolute Gasteiger partial charge is 0.335 e. The maximum Gasteiger partial charge on any atom is 0.335 e. The molecular formula is C14H18N2O5S. The molecule has 7 nitrogen and oxygen atoms in total. The van der Waals surface area contributed by atoms with E-state index in [1.807, 2.05) is 0 Å². The highest BCUT2D eigenvalue weighted by atomic mass is 32.2. The first-order valence-corrected chi connectivity index (χ1v) is 8.71. The first kappa shape index (κ1) is 16.4. The van der Waals surface area contributed by atoms with Crippen LogP contribution in [0.5, 0.6) is 0 Å². The van der Waals surface area contributed by atoms with Crippen molar-refractivity contribution in [2.45, 2.75) is 18.9 Å². The third-order valence-electron chi connectivity index (χ3n) is 3.56. The number of piperidine rings is 1. The monoisotopic (exact) mass is 326 g/mol. The van der Waals surface area contributed by atoms with Gasteiger partial charge in [0.25, 0.3) is 5.91 Å². The molecule has 0 bridgehead atoms. The molecule has 22 heavy (non-hydrogen) atoms. The number of benzene rings is 1. The summed E-state index contributed by atoms with van der Waals surface area (Å²) in [5.74, 6) is -1.50. The molecular weight excluding hydrogens is 308 g/mol. The maximum atomic E-state index is 12.2. The summed E-state index contributed by atoms with van der Waals surface area (Å²) in [5.41, 5.74) is 0.283. The number of carbonyl (C=O) groups excluding carboxylic acids is 1. The number of nitrogens with one attached hydrogen (secondary N) is 1. The minimum absolute atomic E-state index is 0.0362. The van der Waals surface area contributed by atoms with E-state index in [2.05, 4.69) is 5.32 Å². The van der Waals surface area contributed by atoms with Gasteiger partial charge in [-0.05, 0) is 31.0 Å². The average molecular weight is 326 g/mol. The summed E-state index contributed by atoms with van der Waals surface area (Å²) in [6.07, 6.45) is 2.51. The zero-order valence-corrected chi connectivity index (χ0v) is 13.0. The third-order valence-corrected chi connectivity index (χ3v) is 4.83. The van der Waals surface area contributed by atoms with Crippen LogP contribution >= 0.6 is 0 Å². The summed E-state index contributed by atoms with van der Waals surface area (Å²) in [6.45, 7) is 0.697. The Kier molecular flexibility index (Phi) is 4.82. The number of amides is 1. The molecule has 2 rings (SSSR count). The Balaban J connectivity index is 2.05. The predicted octanol–water partition coefficient (Wildman–Crippen LogP) is 0.539. The second-order valence-electron chi connectivity index (χ2n) is 5.32. The largest absolute Gasteiger partial charge is 0.478 e. The molecule has 1 unspecified atom stereocenters. The third kappa shape index (κ3) is 4.05. The fourth-order valence-electron chi connectivity index (χ4n) is 2.42. The zero-order valence-electron chi connectivity index (χ0n) is 12.2. The van der Waals surface area contributed by atoms with Crippen LogP contribution in [0, 0.1) is 0 Å². The van der Waals surface area contributed by atoms with E-state index in [4.69, 9.17) is 5.11 Å². The SMILES string of the molecule is CS(=O)(=O)N1CCCC(NC(=O)c2cccc(C(=O)O)c2)C1. The minimum atomic E-state index is -3.27. The number of sulfonamides is 1. The number of hydrogen-bond donors (Lipinski definition) is 2. The molecule has 1 saturated heterocycles. The number of hydrogen-bond acceptors (Lipinski definition) is 4. The quantitative estimate of drug-likeness (QED) is 0.840. The molecule has 0 aliphatic carbocycles. The van der Waals surface area contributed by atoms with Gasteiger partial charge in [-0.25, -0.2) is 17.5 Å². The summed E-state index contributed by atoms with van der Waals surface area (Å²) in [6, 6.07) is 5.46. The zero-order chi connectivity index (χ0) is 16.3. The van der Waals surface area contributed by atoms with E-state index in [-0.39, 0.29) is 23.7 Å². The number of rotatable bonds is 4. The van der Waals surface area contributed by atoms with Crippen molar-refractivity contribution in [3.63, 3.8) is 0 Å². The molecule has 1 amide bonds. The predicted molar refractivity (Wildman–Crippen MR) is 80.3 cm³/mol. The molecule has 1 aliphatic heterocycles. The fourth-order valence-corrected chi connectivity index (χ4v) is 3.34. The van der Waals surface area contributed by atoms with Gasteiger partial charge >= 0.3 is 5.97 Å². The molecule has 0 saturated carbocycles. The standard InChI is InChI=1S/C14H18N2O5S/c1-22(20,21)16-7-3-6-12(9-16)15-13(17)10-4-2-5-11(8-10)14(18)19/h2,4-5,8,12H,3,6-7,9H2,1H3,(H,15,17)(H,18,19). The molecule has 1 atom stereocenters. The van der Waals surface area contributed by atoms with E-state index in [0.29, 0.717) is 19.4 Å². The van der Waals surface area contributed by atoms with Crippen molar-refractivity contribution >= 4 is 21.9 Å². The molecule has 0 spiro atoms. The number of carboxylic acid groups (broad SMARTS) is 1. The van der Waals surface area contributed by atoms with Crippen LogP contribution in [0.15, 0.2) is 24.3 Å². The second-order valence-corrected chi connectivity index (χ2v) is 7.30. The maximum absolute atomic E-state index is 12.2. The molecule has 8 heteroatoms. The van der Waals surface area contributed by atoms with Crippen LogP contribution in [0.4, 0.5) is 0 Å². The average Bonchev–Trinajstić information content (AvgIpc) is 2.46. The van der Waals surface area contributed by atoms with E-state index in [1.54, 1.807) is 0 Å². The van der Waals surface area contributed by atoms with Gasteiger partial charge in [0.1, 0.15) is 0 Å². The highest BCUT2D eigenvalue weighted by Gasteiger charge is 2.27. The summed E-state index contributed by atoms with van der Waals surface area (Å²) in [5, 5.41) is 11.7. The molecule has 0 radical (unpaired) electrons. The molecule has 2 N–H and O–H groups in total. The van der Waals surface area contributed by atoms with Crippen LogP contribution < -0.4 is 5.32 Å². The lowest BCUT2D eigenvalue weighted by Crippen LogP contribution is -2.49. The van der Waals surface area contributed by atoms with Crippen molar-refractivity contribution in [2.24, 2.45) is 0 Å². The lowest BCUT2D eigenvalue weighted by molar-refractivity contribution is 0.0697. The molecule has 0 aromatic heterocycles. The van der Waals surface area contributed by atoms with Crippen molar-refractivity contribution in [3.05, 3.63) is 35.4 Å². The van der Waals surface area contributed by atoms with Crippen LogP contribution in [0.3, 0.4) is 0 Å². The summed E-state index contributed by atoms with van der Waals surface area (Å²) in [7, 11) is -3.27. The topological polar surface area (TPSA) is 104 Å². The minimum Gasteiger partial charge on any atom is -0.478 e. The summed E-state index contributed by atoms with van der Waals surface area (Å²) >= 11 is 0. The van der Waals surface area contributed by atoms with Crippen molar-refractivity contribution in [1.82, 2.24) is 9.62 Å². The van der Waals surface area contributed by atoms with Gasteiger partial charge in [-0.3, -0.25) is 4.79 Å². The first-order valence-electron chi connectivity index (χ1n) is 6.87.